The van der Waals surface area contributed by atoms with E-state index in [1.54, 1.807) is 14.2 Å². The highest BCUT2D eigenvalue weighted by atomic mass is 16.5. The van der Waals surface area contributed by atoms with Gasteiger partial charge in [-0.1, -0.05) is 12.1 Å². The van der Waals surface area contributed by atoms with E-state index in [4.69, 9.17) is 9.47 Å². The molecule has 0 aromatic heterocycles. The molecule has 134 valence electrons. The lowest BCUT2D eigenvalue weighted by atomic mass is 9.92. The number of fused-ring (bicyclic) bond motifs is 1. The lowest BCUT2D eigenvalue weighted by Gasteiger charge is -2.36. The van der Waals surface area contributed by atoms with Gasteiger partial charge < -0.3 is 14.6 Å². The van der Waals surface area contributed by atoms with Crippen molar-refractivity contribution in [3.8, 4) is 17.2 Å². The summed E-state index contributed by atoms with van der Waals surface area (Å²) in [5.74, 6) is 1.98. The van der Waals surface area contributed by atoms with Crippen molar-refractivity contribution in [1.82, 2.24) is 4.90 Å². The number of rotatable bonds is 4. The molecule has 0 saturated heterocycles. The number of aromatic hydroxyl groups is 1. The zero-order valence-electron chi connectivity index (χ0n) is 15.7. The number of methoxy groups -OCH3 is 2. The van der Waals surface area contributed by atoms with Crippen molar-refractivity contribution in [3.63, 3.8) is 0 Å². The molecule has 0 fully saturated rings. The van der Waals surface area contributed by atoms with Crippen LogP contribution in [-0.4, -0.2) is 30.8 Å². The molecule has 4 nitrogen and oxygen atoms in total. The highest BCUT2D eigenvalue weighted by Crippen LogP contribution is 2.38. The van der Waals surface area contributed by atoms with Gasteiger partial charge in [-0.05, 0) is 67.1 Å². The molecule has 2 aromatic carbocycles. The fourth-order valence-electron chi connectivity index (χ4n) is 3.78. The average Bonchev–Trinajstić information content (AvgIpc) is 2.61. The Hall–Kier alpha value is -2.20. The van der Waals surface area contributed by atoms with Gasteiger partial charge in [0, 0.05) is 19.1 Å². The summed E-state index contributed by atoms with van der Waals surface area (Å²) in [5.41, 5.74) is 5.75. The molecule has 4 heteroatoms. The highest BCUT2D eigenvalue weighted by molar-refractivity contribution is 5.49. The van der Waals surface area contributed by atoms with E-state index in [1.807, 2.05) is 13.8 Å². The summed E-state index contributed by atoms with van der Waals surface area (Å²) in [5, 5.41) is 9.99. The number of phenolic OH excluding ortho intramolecular Hbond substituents is 1. The second kappa shape index (κ2) is 6.96. The van der Waals surface area contributed by atoms with Gasteiger partial charge in [0.05, 0.1) is 14.2 Å². The molecular weight excluding hydrogens is 314 g/mol. The molecule has 0 bridgehead atoms. The first kappa shape index (κ1) is 17.6. The number of hydrogen-bond acceptors (Lipinski definition) is 4. The van der Waals surface area contributed by atoms with E-state index >= 15 is 0 Å². The Morgan fingerprint density at radius 1 is 1.04 bits per heavy atom. The van der Waals surface area contributed by atoms with Crippen molar-refractivity contribution in [2.24, 2.45) is 0 Å². The predicted molar refractivity (Wildman–Crippen MR) is 99.7 cm³/mol. The Kier molecular flexibility index (Phi) is 4.91. The quantitative estimate of drug-likeness (QED) is 0.907. The van der Waals surface area contributed by atoms with E-state index in [0.717, 1.165) is 42.1 Å². The minimum absolute atomic E-state index is 0.304. The predicted octanol–water partition coefficient (Wildman–Crippen LogP) is 4.15. The Morgan fingerprint density at radius 3 is 2.24 bits per heavy atom. The summed E-state index contributed by atoms with van der Waals surface area (Å²) in [6.07, 6.45) is 0.996. The molecule has 0 unspecified atom stereocenters. The molecule has 0 radical (unpaired) electrons. The Balaban J connectivity index is 1.87. The van der Waals surface area contributed by atoms with Gasteiger partial charge in [-0.2, -0.15) is 0 Å². The number of aryl methyl sites for hydroxylation is 2. The molecule has 1 N–H and O–H groups in total. The number of phenols is 1. The van der Waals surface area contributed by atoms with Crippen LogP contribution < -0.4 is 9.47 Å². The largest absolute Gasteiger partial charge is 0.507 e. The van der Waals surface area contributed by atoms with Crippen LogP contribution in [0.5, 0.6) is 17.2 Å². The number of ether oxygens (including phenoxy) is 2. The molecule has 1 aliphatic rings. The normalized spacial score (nSPS) is 17.2. The van der Waals surface area contributed by atoms with Crippen molar-refractivity contribution in [3.05, 3.63) is 52.1 Å². The van der Waals surface area contributed by atoms with Crippen molar-refractivity contribution in [2.75, 3.05) is 20.8 Å². The second-order valence-electron chi connectivity index (χ2n) is 6.88. The lowest BCUT2D eigenvalue weighted by molar-refractivity contribution is 0.188. The van der Waals surface area contributed by atoms with Gasteiger partial charge >= 0.3 is 0 Å². The molecule has 1 aliphatic heterocycles. The van der Waals surface area contributed by atoms with Gasteiger partial charge in [-0.3, -0.25) is 4.90 Å². The van der Waals surface area contributed by atoms with Crippen LogP contribution in [0.3, 0.4) is 0 Å². The minimum Gasteiger partial charge on any atom is -0.507 e. The summed E-state index contributed by atoms with van der Waals surface area (Å²) < 4.78 is 10.9. The SMILES string of the molecule is COc1cc2c(cc1OC)[C@@H](C)N(Cc1cc(C)c(O)c(C)c1)CC2. The maximum Gasteiger partial charge on any atom is 0.161 e. The first-order chi connectivity index (χ1) is 11.9. The fraction of sp³-hybridized carbons (Fsp3) is 0.429. The first-order valence-electron chi connectivity index (χ1n) is 8.72. The molecule has 0 spiro atoms. The number of hydrogen-bond donors (Lipinski definition) is 1. The monoisotopic (exact) mass is 341 g/mol. The first-order valence-corrected chi connectivity index (χ1v) is 8.72. The van der Waals surface area contributed by atoms with Gasteiger partial charge in [-0.15, -0.1) is 0 Å². The van der Waals surface area contributed by atoms with Crippen molar-refractivity contribution in [2.45, 2.75) is 39.8 Å². The van der Waals surface area contributed by atoms with Crippen molar-refractivity contribution < 1.29 is 14.6 Å². The van der Waals surface area contributed by atoms with Crippen LogP contribution >= 0.6 is 0 Å². The maximum atomic E-state index is 9.99. The summed E-state index contributed by atoms with van der Waals surface area (Å²) in [4.78, 5) is 2.47. The van der Waals surface area contributed by atoms with Crippen LogP contribution in [-0.2, 0) is 13.0 Å². The molecule has 3 rings (SSSR count). The van der Waals surface area contributed by atoms with Gasteiger partial charge in [0.25, 0.3) is 0 Å². The summed E-state index contributed by atoms with van der Waals surface area (Å²) in [6.45, 7) is 8.03. The molecule has 25 heavy (non-hydrogen) atoms. The summed E-state index contributed by atoms with van der Waals surface area (Å²) in [7, 11) is 3.36. The zero-order valence-corrected chi connectivity index (χ0v) is 15.7. The molecule has 1 atom stereocenters. The second-order valence-corrected chi connectivity index (χ2v) is 6.88. The maximum absolute atomic E-state index is 9.99. The smallest absolute Gasteiger partial charge is 0.161 e. The molecule has 1 heterocycles. The minimum atomic E-state index is 0.304. The van der Waals surface area contributed by atoms with E-state index in [-0.39, 0.29) is 0 Å². The molecule has 0 saturated carbocycles. The van der Waals surface area contributed by atoms with Crippen LogP contribution in [0.4, 0.5) is 0 Å². The molecule has 0 amide bonds. The van der Waals surface area contributed by atoms with Crippen LogP contribution in [0, 0.1) is 13.8 Å². The topological polar surface area (TPSA) is 41.9 Å². The van der Waals surface area contributed by atoms with E-state index in [9.17, 15) is 5.11 Å². The van der Waals surface area contributed by atoms with Crippen LogP contribution in [0.2, 0.25) is 0 Å². The van der Waals surface area contributed by atoms with E-state index in [2.05, 4.69) is 36.1 Å². The Morgan fingerprint density at radius 2 is 1.64 bits per heavy atom. The standard InChI is InChI=1S/C21H27NO3/c1-13-8-16(9-14(2)21(13)23)12-22-7-6-17-10-19(24-4)20(25-5)11-18(17)15(22)3/h8-11,15,23H,6-7,12H2,1-5H3/t15-/m1/s1. The third-order valence-electron chi connectivity index (χ3n) is 5.25. The number of nitrogens with zero attached hydrogens (tertiary/aromatic N) is 1. The summed E-state index contributed by atoms with van der Waals surface area (Å²) in [6, 6.07) is 8.69. The molecule has 0 aliphatic carbocycles. The average molecular weight is 341 g/mol. The highest BCUT2D eigenvalue weighted by Gasteiger charge is 2.26. The van der Waals surface area contributed by atoms with Gasteiger partial charge in [0.1, 0.15) is 5.75 Å². The van der Waals surface area contributed by atoms with Crippen molar-refractivity contribution in [1.29, 1.82) is 0 Å². The lowest BCUT2D eigenvalue weighted by Crippen LogP contribution is -2.33. The van der Waals surface area contributed by atoms with Gasteiger partial charge in [0.2, 0.25) is 0 Å². The Bertz CT molecular complexity index is 762. The third kappa shape index (κ3) is 3.31. The van der Waals surface area contributed by atoms with E-state index in [0.29, 0.717) is 11.8 Å². The van der Waals surface area contributed by atoms with Gasteiger partial charge in [-0.25, -0.2) is 0 Å². The van der Waals surface area contributed by atoms with Crippen LogP contribution in [0.25, 0.3) is 0 Å². The molecule has 2 aromatic rings. The van der Waals surface area contributed by atoms with Crippen LogP contribution in [0.1, 0.15) is 40.8 Å². The van der Waals surface area contributed by atoms with Crippen LogP contribution in [0.15, 0.2) is 24.3 Å². The zero-order chi connectivity index (χ0) is 18.1. The third-order valence-corrected chi connectivity index (χ3v) is 5.25. The van der Waals surface area contributed by atoms with Crippen molar-refractivity contribution >= 4 is 0 Å². The number of benzene rings is 2. The fourth-order valence-corrected chi connectivity index (χ4v) is 3.78. The van der Waals surface area contributed by atoms with E-state index in [1.165, 1.54) is 16.7 Å². The molecular formula is C21H27NO3. The summed E-state index contributed by atoms with van der Waals surface area (Å²) >= 11 is 0. The Labute approximate surface area is 150 Å². The van der Waals surface area contributed by atoms with E-state index < -0.39 is 0 Å². The van der Waals surface area contributed by atoms with Gasteiger partial charge in [0.15, 0.2) is 11.5 Å².